The molecule has 0 fully saturated rings. The molecule has 0 atom stereocenters. The molecule has 5 heavy (non-hydrogen) atoms. The van der Waals surface area contributed by atoms with Gasteiger partial charge in [0.25, 0.3) is 0 Å². The molecule has 0 aromatic carbocycles. The van der Waals surface area contributed by atoms with Crippen LogP contribution in [0, 0.1) is 0 Å². The second-order valence-electron chi connectivity index (χ2n) is 0. The largest absolute Gasteiger partial charge is 0.521 e. The van der Waals surface area contributed by atoms with E-state index in [4.69, 9.17) is 4.16 Å². The van der Waals surface area contributed by atoms with Crippen LogP contribution in [0.3, 0.4) is 0 Å². The van der Waals surface area contributed by atoms with Crippen molar-refractivity contribution in [3.05, 3.63) is 0 Å². The molecule has 0 aromatic rings. The summed E-state index contributed by atoms with van der Waals surface area (Å²) in [5, 5.41) is 0. The summed E-state index contributed by atoms with van der Waals surface area (Å²) in [6.07, 6.45) is 0. The smallest absolute Gasteiger partial charge is 0.407 e. The fourth-order valence-corrected chi connectivity index (χ4v) is 0. The van der Waals surface area contributed by atoms with Crippen LogP contribution >= 0.6 is 0 Å². The quantitative estimate of drug-likeness (QED) is 0.420. The fourth-order valence-electron chi connectivity index (χ4n) is 0. The SMILES string of the molecule is O.[Co].[Ni].[OH][AlH2]. The third-order valence-corrected chi connectivity index (χ3v) is 0. The average Bonchev–Trinajstić information content (AvgIpc) is 1.00. The summed E-state index contributed by atoms with van der Waals surface area (Å²) < 4.78 is 7.14. The first-order valence-corrected chi connectivity index (χ1v) is 1.34. The van der Waals surface area contributed by atoms with E-state index in [0.717, 1.165) is 0 Å². The Morgan fingerprint density at radius 3 is 1.20 bits per heavy atom. The molecule has 0 heterocycles. The molecule has 3 N–H and O–H groups in total. The average molecular weight is 182 g/mol. The normalized spacial score (nSPS) is 1.00. The maximum absolute atomic E-state index is 7.14. The van der Waals surface area contributed by atoms with E-state index in [2.05, 4.69) is 0 Å². The van der Waals surface area contributed by atoms with Crippen molar-refractivity contribution in [2.45, 2.75) is 0 Å². The van der Waals surface area contributed by atoms with Crippen LogP contribution in [0.1, 0.15) is 0 Å². The molecule has 0 aliphatic carbocycles. The Hall–Kier alpha value is 1.45. The summed E-state index contributed by atoms with van der Waals surface area (Å²) in [5.41, 5.74) is 0. The molecule has 0 rings (SSSR count). The van der Waals surface area contributed by atoms with E-state index in [9.17, 15) is 0 Å². The van der Waals surface area contributed by atoms with E-state index in [-0.39, 0.29) is 38.7 Å². The van der Waals surface area contributed by atoms with E-state index < -0.39 is 0 Å². The summed E-state index contributed by atoms with van der Waals surface area (Å²) in [6.45, 7) is 0. The van der Waals surface area contributed by atoms with Crippen LogP contribution in [0.15, 0.2) is 0 Å². The Labute approximate surface area is 59.5 Å². The number of hydrogen-bond donors (Lipinski definition) is 1. The molecule has 39 valence electrons. The maximum atomic E-state index is 7.14. The Bertz CT molecular complexity index is 9.61. The van der Waals surface area contributed by atoms with Gasteiger partial charge in [-0.15, -0.1) is 0 Å². The molecular weight excluding hydrogens is 177 g/mol. The minimum atomic E-state index is 0. The van der Waals surface area contributed by atoms with E-state index in [0.29, 0.717) is 16.6 Å². The van der Waals surface area contributed by atoms with Crippen molar-refractivity contribution in [2.24, 2.45) is 0 Å². The summed E-state index contributed by atoms with van der Waals surface area (Å²) in [4.78, 5) is 0. The maximum Gasteiger partial charge on any atom is 0.407 e. The van der Waals surface area contributed by atoms with Gasteiger partial charge < -0.3 is 9.63 Å². The predicted molar refractivity (Wildman–Crippen MR) is 14.4 cm³/mol. The van der Waals surface area contributed by atoms with Gasteiger partial charge in [0.2, 0.25) is 0 Å². The summed E-state index contributed by atoms with van der Waals surface area (Å²) >= 11 is 0.306. The summed E-state index contributed by atoms with van der Waals surface area (Å²) in [7, 11) is 0. The fraction of sp³-hybridized carbons (Fsp3) is 0. The van der Waals surface area contributed by atoms with Gasteiger partial charge in [0.1, 0.15) is 0 Å². The first kappa shape index (κ1) is 31.9. The first-order chi connectivity index (χ1) is 1.00. The standard InChI is InChI=1S/Al.Co.Ni.2H2O.2H/h;;;2*1H2;;/q+1;;;;;;/p-1. The molecule has 1 radical (unpaired) electrons. The monoisotopic (exact) mass is 181 g/mol. The molecule has 0 amide bonds. The van der Waals surface area contributed by atoms with E-state index in [1.54, 1.807) is 0 Å². The minimum absolute atomic E-state index is 0. The van der Waals surface area contributed by atoms with Gasteiger partial charge in [-0.2, -0.15) is 0 Å². The Morgan fingerprint density at radius 2 is 1.20 bits per heavy atom. The predicted octanol–water partition coefficient (Wildman–Crippen LogP) is -2.30. The van der Waals surface area contributed by atoms with Crippen molar-refractivity contribution in [3.63, 3.8) is 0 Å². The topological polar surface area (TPSA) is 51.7 Å². The molecule has 0 aromatic heterocycles. The second-order valence-corrected chi connectivity index (χ2v) is 0. The van der Waals surface area contributed by atoms with Gasteiger partial charge in [0, 0.05) is 33.3 Å². The second kappa shape index (κ2) is 51.2. The van der Waals surface area contributed by atoms with Gasteiger partial charge in [0.15, 0.2) is 0 Å². The van der Waals surface area contributed by atoms with Crippen molar-refractivity contribution in [1.82, 2.24) is 0 Å². The zero-order chi connectivity index (χ0) is 2.00. The molecule has 0 saturated heterocycles. The van der Waals surface area contributed by atoms with Gasteiger partial charge in [0.05, 0.1) is 0 Å². The Morgan fingerprint density at radius 1 is 1.20 bits per heavy atom. The molecular formula is H5AlCoNiO2. The third-order valence-electron chi connectivity index (χ3n) is 0. The molecule has 0 aliphatic heterocycles. The molecule has 0 spiro atoms. The van der Waals surface area contributed by atoms with E-state index in [1.165, 1.54) is 0 Å². The van der Waals surface area contributed by atoms with Gasteiger partial charge in [-0.05, 0) is 0 Å². The van der Waals surface area contributed by atoms with Gasteiger partial charge >= 0.3 is 16.6 Å². The van der Waals surface area contributed by atoms with Crippen molar-refractivity contribution in [3.8, 4) is 0 Å². The van der Waals surface area contributed by atoms with Gasteiger partial charge in [-0.1, -0.05) is 0 Å². The summed E-state index contributed by atoms with van der Waals surface area (Å²) in [5.74, 6) is 0. The van der Waals surface area contributed by atoms with Crippen LogP contribution < -0.4 is 0 Å². The van der Waals surface area contributed by atoms with Gasteiger partial charge in [-0.25, -0.2) is 0 Å². The zero-order valence-corrected chi connectivity index (χ0v) is 6.63. The van der Waals surface area contributed by atoms with E-state index in [1.807, 2.05) is 0 Å². The van der Waals surface area contributed by atoms with Crippen molar-refractivity contribution < 1.29 is 42.9 Å². The molecule has 0 aliphatic rings. The van der Waals surface area contributed by atoms with Crippen LogP contribution in [0.4, 0.5) is 0 Å². The van der Waals surface area contributed by atoms with Crippen LogP contribution in [-0.2, 0) is 33.3 Å². The molecule has 0 unspecified atom stereocenters. The summed E-state index contributed by atoms with van der Waals surface area (Å²) in [6, 6.07) is 0. The Kier molecular flexibility index (Phi) is 327. The van der Waals surface area contributed by atoms with Crippen LogP contribution in [-0.4, -0.2) is 26.3 Å². The van der Waals surface area contributed by atoms with Crippen LogP contribution in [0.5, 0.6) is 0 Å². The Balaban J connectivity index is -0.00000000167. The number of hydrogen-bond acceptors (Lipinski definition) is 1. The molecule has 0 saturated carbocycles. The molecule has 2 nitrogen and oxygen atoms in total. The first-order valence-electron chi connectivity index (χ1n) is 0.447. The van der Waals surface area contributed by atoms with E-state index >= 15 is 0 Å². The van der Waals surface area contributed by atoms with Crippen molar-refractivity contribution in [1.29, 1.82) is 0 Å². The molecule has 0 bridgehead atoms. The number of rotatable bonds is 0. The third kappa shape index (κ3) is 30.8. The van der Waals surface area contributed by atoms with Gasteiger partial charge in [-0.3, -0.25) is 0 Å². The van der Waals surface area contributed by atoms with Crippen molar-refractivity contribution >= 4 is 16.6 Å². The van der Waals surface area contributed by atoms with Crippen LogP contribution in [0.2, 0.25) is 0 Å². The zero-order valence-electron chi connectivity index (χ0n) is 2.60. The minimum Gasteiger partial charge on any atom is -0.521 e. The molecule has 5 heteroatoms. The van der Waals surface area contributed by atoms with Crippen LogP contribution in [0.25, 0.3) is 0 Å². The van der Waals surface area contributed by atoms with Crippen molar-refractivity contribution in [2.75, 3.05) is 0 Å².